The Bertz CT molecular complexity index is 887. The summed E-state index contributed by atoms with van der Waals surface area (Å²) in [5, 5.41) is 0.106. The van der Waals surface area contributed by atoms with Crippen molar-refractivity contribution in [3.8, 4) is 11.5 Å². The molecule has 1 aromatic carbocycles. The maximum atomic E-state index is 6.88. The number of hydrogen-bond donors (Lipinski definition) is 0. The van der Waals surface area contributed by atoms with Crippen molar-refractivity contribution in [2.75, 3.05) is 7.11 Å². The van der Waals surface area contributed by atoms with Crippen molar-refractivity contribution in [2.45, 2.75) is 136 Å². The molecule has 1 heterocycles. The van der Waals surface area contributed by atoms with E-state index in [1.165, 1.54) is 16.7 Å². The molecule has 0 aromatic heterocycles. The van der Waals surface area contributed by atoms with Crippen LogP contribution in [0.4, 0.5) is 0 Å². The Kier molecular flexibility index (Phi) is 10.5. The van der Waals surface area contributed by atoms with Crippen molar-refractivity contribution >= 4 is 16.6 Å². The fraction of sp³-hybridized carbons (Fsp3) is 0.733. The second-order valence-electron chi connectivity index (χ2n) is 12.7. The minimum Gasteiger partial charge on any atom is -0.541 e. The van der Waals surface area contributed by atoms with Crippen molar-refractivity contribution in [3.63, 3.8) is 0 Å². The van der Waals surface area contributed by atoms with Crippen LogP contribution < -0.4 is 9.16 Å². The summed E-state index contributed by atoms with van der Waals surface area (Å²) >= 11 is 0. The van der Waals surface area contributed by atoms with E-state index in [4.69, 9.17) is 18.3 Å². The van der Waals surface area contributed by atoms with Crippen LogP contribution in [-0.2, 0) is 22.2 Å². The SMILES string of the molecule is CC[Si](CC)(CC)OCc1cc(C/C=C(\C)CCC2OC2(C)C)c(O[Si](C)(C)C(C)(C)C)c(OC)c1. The molecule has 206 valence electrons. The van der Waals surface area contributed by atoms with E-state index in [1.807, 2.05) is 0 Å². The summed E-state index contributed by atoms with van der Waals surface area (Å²) in [6, 6.07) is 7.89. The van der Waals surface area contributed by atoms with Crippen molar-refractivity contribution in [1.29, 1.82) is 0 Å². The first-order valence-electron chi connectivity index (χ1n) is 14.0. The molecule has 1 aliphatic rings. The van der Waals surface area contributed by atoms with Gasteiger partial charge in [0, 0.05) is 5.56 Å². The van der Waals surface area contributed by atoms with Crippen molar-refractivity contribution in [2.24, 2.45) is 0 Å². The van der Waals surface area contributed by atoms with Crippen LogP contribution in [0.5, 0.6) is 11.5 Å². The molecule has 36 heavy (non-hydrogen) atoms. The van der Waals surface area contributed by atoms with Crippen LogP contribution in [0.3, 0.4) is 0 Å². The monoisotopic (exact) mass is 534 g/mol. The van der Waals surface area contributed by atoms with Crippen LogP contribution in [-0.4, -0.2) is 35.4 Å². The number of ether oxygens (including phenoxy) is 2. The van der Waals surface area contributed by atoms with Crippen LogP contribution in [0.2, 0.25) is 36.3 Å². The average molecular weight is 535 g/mol. The van der Waals surface area contributed by atoms with E-state index >= 15 is 0 Å². The fourth-order valence-electron chi connectivity index (χ4n) is 4.41. The van der Waals surface area contributed by atoms with Crippen molar-refractivity contribution in [3.05, 3.63) is 34.9 Å². The van der Waals surface area contributed by atoms with E-state index in [2.05, 4.69) is 93.6 Å². The summed E-state index contributed by atoms with van der Waals surface area (Å²) in [6.45, 7) is 25.5. The zero-order valence-electron chi connectivity index (χ0n) is 25.4. The van der Waals surface area contributed by atoms with Crippen molar-refractivity contribution in [1.82, 2.24) is 0 Å². The second-order valence-corrected chi connectivity index (χ2v) is 22.2. The molecule has 1 fully saturated rings. The van der Waals surface area contributed by atoms with Crippen LogP contribution in [0, 0.1) is 0 Å². The molecule has 4 nitrogen and oxygen atoms in total. The Morgan fingerprint density at radius 2 is 1.67 bits per heavy atom. The molecule has 0 bridgehead atoms. The van der Waals surface area contributed by atoms with E-state index < -0.39 is 16.6 Å². The first-order valence-corrected chi connectivity index (χ1v) is 19.4. The Labute approximate surface area is 224 Å². The van der Waals surface area contributed by atoms with Gasteiger partial charge in [-0.2, -0.15) is 0 Å². The molecule has 2 rings (SSSR count). The summed E-state index contributed by atoms with van der Waals surface area (Å²) in [6.07, 6.45) is 5.71. The first kappa shape index (κ1) is 31.1. The smallest absolute Gasteiger partial charge is 0.250 e. The number of hydrogen-bond acceptors (Lipinski definition) is 4. The molecular weight excluding hydrogens is 480 g/mol. The topological polar surface area (TPSA) is 40.2 Å². The van der Waals surface area contributed by atoms with E-state index in [0.29, 0.717) is 12.7 Å². The third-order valence-corrected chi connectivity index (χ3v) is 17.6. The molecule has 0 spiro atoms. The van der Waals surface area contributed by atoms with Gasteiger partial charge in [-0.1, -0.05) is 53.2 Å². The number of allylic oxidation sites excluding steroid dienone is 2. The normalized spacial score (nSPS) is 18.3. The van der Waals surface area contributed by atoms with Gasteiger partial charge in [0.2, 0.25) is 0 Å². The summed E-state index contributed by atoms with van der Waals surface area (Å²) in [7, 11) is -1.96. The Morgan fingerprint density at radius 3 is 2.14 bits per heavy atom. The number of epoxide rings is 1. The molecule has 1 aromatic rings. The van der Waals surface area contributed by atoms with E-state index in [1.54, 1.807) is 7.11 Å². The highest BCUT2D eigenvalue weighted by atomic mass is 28.4. The highest BCUT2D eigenvalue weighted by Gasteiger charge is 2.46. The predicted octanol–water partition coefficient (Wildman–Crippen LogP) is 9.05. The fourth-order valence-corrected chi connectivity index (χ4v) is 8.04. The Morgan fingerprint density at radius 1 is 1.08 bits per heavy atom. The molecule has 0 saturated carbocycles. The van der Waals surface area contributed by atoms with Crippen LogP contribution >= 0.6 is 0 Å². The molecule has 1 atom stereocenters. The van der Waals surface area contributed by atoms with E-state index in [9.17, 15) is 0 Å². The molecule has 0 amide bonds. The largest absolute Gasteiger partial charge is 0.541 e. The maximum absolute atomic E-state index is 6.88. The predicted molar refractivity (Wildman–Crippen MR) is 158 cm³/mol. The van der Waals surface area contributed by atoms with E-state index in [-0.39, 0.29) is 10.6 Å². The van der Waals surface area contributed by atoms with Gasteiger partial charge in [0.05, 0.1) is 25.4 Å². The van der Waals surface area contributed by atoms with Crippen LogP contribution in [0.25, 0.3) is 0 Å². The van der Waals surface area contributed by atoms with Gasteiger partial charge in [-0.05, 0) is 94.0 Å². The zero-order valence-corrected chi connectivity index (χ0v) is 27.4. The first-order chi connectivity index (χ1) is 16.6. The molecule has 1 aliphatic heterocycles. The molecule has 1 saturated heterocycles. The summed E-state index contributed by atoms with van der Waals surface area (Å²) < 4.78 is 25.2. The Balaban J connectivity index is 2.36. The maximum Gasteiger partial charge on any atom is 0.250 e. The molecule has 1 unspecified atom stereocenters. The van der Waals surface area contributed by atoms with Crippen LogP contribution in [0.1, 0.15) is 86.3 Å². The average Bonchev–Trinajstić information content (AvgIpc) is 3.43. The van der Waals surface area contributed by atoms with Crippen molar-refractivity contribution < 1.29 is 18.3 Å². The van der Waals surface area contributed by atoms with Gasteiger partial charge in [-0.15, -0.1) is 0 Å². The summed E-state index contributed by atoms with van der Waals surface area (Å²) in [4.78, 5) is 0. The van der Waals surface area contributed by atoms with Gasteiger partial charge in [0.1, 0.15) is 5.75 Å². The molecule has 0 radical (unpaired) electrons. The van der Waals surface area contributed by atoms with Gasteiger partial charge in [-0.3, -0.25) is 0 Å². The number of methoxy groups -OCH3 is 1. The number of benzene rings is 1. The zero-order chi connectivity index (χ0) is 27.4. The molecule has 6 heteroatoms. The van der Waals surface area contributed by atoms with Gasteiger partial charge in [-0.25, -0.2) is 0 Å². The van der Waals surface area contributed by atoms with E-state index in [0.717, 1.165) is 48.9 Å². The molecule has 0 N–H and O–H groups in total. The van der Waals surface area contributed by atoms with Gasteiger partial charge in [0.15, 0.2) is 14.1 Å². The molecular formula is C30H54O4Si2. The lowest BCUT2D eigenvalue weighted by Gasteiger charge is -2.37. The van der Waals surface area contributed by atoms with Gasteiger partial charge < -0.3 is 18.3 Å². The minimum atomic E-state index is -2.04. The number of rotatable bonds is 14. The lowest BCUT2D eigenvalue weighted by Crippen LogP contribution is -2.44. The minimum absolute atomic E-state index is 0.0557. The third kappa shape index (κ3) is 7.96. The van der Waals surface area contributed by atoms with Crippen LogP contribution in [0.15, 0.2) is 23.8 Å². The Hall–Kier alpha value is -1.09. The van der Waals surface area contributed by atoms with Gasteiger partial charge in [0.25, 0.3) is 8.32 Å². The van der Waals surface area contributed by atoms with Gasteiger partial charge >= 0.3 is 0 Å². The molecule has 0 aliphatic carbocycles. The lowest BCUT2D eigenvalue weighted by molar-refractivity contribution is 0.286. The second kappa shape index (κ2) is 12.2. The third-order valence-electron chi connectivity index (χ3n) is 8.69. The highest BCUT2D eigenvalue weighted by molar-refractivity contribution is 6.74. The highest BCUT2D eigenvalue weighted by Crippen LogP contribution is 2.43. The summed E-state index contributed by atoms with van der Waals surface area (Å²) in [5.41, 5.74) is 3.82. The quantitative estimate of drug-likeness (QED) is 0.136. The lowest BCUT2D eigenvalue weighted by atomic mass is 10.0. The standard InChI is InChI=1S/C30H54O4Si2/c1-13-36(14-2,15-3)32-22-24-20-25(18-16-23(4)17-19-27-30(8,9)33-27)28(26(21-24)31-10)34-35(11,12)29(5,6)7/h16,20-21,27H,13-15,17-19,22H2,1-12H3/b23-16+. The summed E-state index contributed by atoms with van der Waals surface area (Å²) in [5.74, 6) is 1.74.